The van der Waals surface area contributed by atoms with Crippen LogP contribution in [0.1, 0.15) is 247 Å². The SMILES string of the molecule is Cc1ccccc1N1C(C)C(C)(C)CC1(C)C.Cc1ccccc1N1C(C)C2(CC1(C)C)C1CC3CC(C1)CC2C3.Cc1ccccc1N1C(C)C2(CCCCC2)CC1(C)C.[2H]C(C)(C)N1c2nccnc2N(c2c(C)ccc3c2oc2nc(C)ccc23)C1C.[2H]C([2H])([2H])C([2H])(C)N1c2nccnc2N(c2c(C)ccc3c2oc2nc(C)ccc23)C1C. The molecular weight excluding hydrogens is 1440 g/mol. The molecule has 0 amide bonds. The summed E-state index contributed by atoms with van der Waals surface area (Å²) in [6.45, 7) is 48.0. The lowest BCUT2D eigenvalue weighted by molar-refractivity contribution is -0.113. The van der Waals surface area contributed by atoms with Gasteiger partial charge in [-0.3, -0.25) is 9.80 Å². The Labute approximate surface area is 705 Å². The van der Waals surface area contributed by atoms with Gasteiger partial charge in [0.15, 0.2) is 34.4 Å². The highest BCUT2D eigenvalue weighted by atomic mass is 16.3. The monoisotopic (exact) mass is 1580 g/mol. The number of nitrogens with zero attached hydrogens (tertiary/aromatic N) is 13. The van der Waals surface area contributed by atoms with Crippen LogP contribution in [0.5, 0.6) is 0 Å². The first-order valence-electron chi connectivity index (χ1n) is 46.4. The van der Waals surface area contributed by atoms with Crippen LogP contribution in [0.4, 0.5) is 51.7 Å². The van der Waals surface area contributed by atoms with E-state index in [9.17, 15) is 0 Å². The first kappa shape index (κ1) is 75.2. The average Bonchev–Trinajstić information content (AvgIpc) is 1.51. The normalized spacial score (nSPS) is 27.2. The van der Waals surface area contributed by atoms with E-state index in [0.29, 0.717) is 68.8 Å². The van der Waals surface area contributed by atoms with Gasteiger partial charge in [-0.05, 0) is 327 Å². The number of pyridine rings is 2. The van der Waals surface area contributed by atoms with E-state index in [1.165, 1.54) is 129 Å². The third-order valence-electron chi connectivity index (χ3n) is 29.7. The lowest BCUT2D eigenvalue weighted by Crippen LogP contribution is -2.57. The maximum atomic E-state index is 8.75. The fourth-order valence-electron chi connectivity index (χ4n) is 25.1. The Balaban J connectivity index is 0.000000115. The fraction of sp³-hybridized carbons (Fsp3) is 0.529. The molecule has 2 spiro atoms. The zero-order valence-corrected chi connectivity index (χ0v) is 74.4. The molecule has 5 saturated carbocycles. The second kappa shape index (κ2) is 30.5. The van der Waals surface area contributed by atoms with Crippen LogP contribution in [0.15, 0.2) is 155 Å². The standard InChI is InChI=1S/C23H33N.2C22H23N5O.C19H29N.C16H25N/c1-15-7-5-6-8-21(15)24-16(2)23(14-22(24,3)4)19-10-17-9-18(12-19)13-20(23)11-17;2*1-12(2)26-15(5)27(21-20(26)23-10-11-24-21)18-13(3)6-8-16-17-9-7-14(4)25-22(17)28-19(16)18;1-15-10-6-7-11-17(15)20-16(2)19(14-18(20,3)4)12-8-5-9-13-19;1-12-9-7-8-10-14(12)17-13(2)15(3,4)11-16(17,5)6/h5-8,16-20H,9-14H2,1-4H3;2*6-12,15H,1-5H3;6-7,10-11,16H,5,8-9,12-14H2,1-4H3;7-10,13H,11H2,1-6H3/i;1D3,12D;12D;;. The largest absolute Gasteiger partial charge is 0.435 e. The van der Waals surface area contributed by atoms with Crippen molar-refractivity contribution in [2.75, 3.05) is 34.3 Å². The molecule has 21 rings (SSSR count). The van der Waals surface area contributed by atoms with Gasteiger partial charge in [-0.1, -0.05) is 112 Å². The van der Waals surface area contributed by atoms with Crippen LogP contribution in [0.3, 0.4) is 0 Å². The van der Waals surface area contributed by atoms with Crippen molar-refractivity contribution >= 4 is 95.8 Å². The third kappa shape index (κ3) is 14.0. The van der Waals surface area contributed by atoms with Crippen molar-refractivity contribution in [3.63, 3.8) is 0 Å². The number of hydrogen-bond acceptors (Lipinski definition) is 15. The van der Waals surface area contributed by atoms with Crippen LogP contribution in [0.2, 0.25) is 0 Å². The van der Waals surface area contributed by atoms with Gasteiger partial charge in [-0.2, -0.15) is 0 Å². The molecule has 0 radical (unpaired) electrons. The van der Waals surface area contributed by atoms with Crippen molar-refractivity contribution in [1.29, 1.82) is 0 Å². The highest BCUT2D eigenvalue weighted by Gasteiger charge is 2.66. The van der Waals surface area contributed by atoms with E-state index in [2.05, 4.69) is 251 Å². The number of rotatable bonds is 7. The summed E-state index contributed by atoms with van der Waals surface area (Å²) in [7, 11) is 0. The van der Waals surface area contributed by atoms with Crippen LogP contribution in [0.25, 0.3) is 44.1 Å². The van der Waals surface area contributed by atoms with Gasteiger partial charge in [0.05, 0.1) is 14.1 Å². The summed E-state index contributed by atoms with van der Waals surface area (Å²) in [5, 5.41) is 3.83. The summed E-state index contributed by atoms with van der Waals surface area (Å²) in [5.41, 5.74) is 19.0. The molecule has 6 atom stereocenters. The summed E-state index contributed by atoms with van der Waals surface area (Å²) in [5.74, 6) is 6.43. The Kier molecular flexibility index (Phi) is 19.6. The fourth-order valence-corrected chi connectivity index (χ4v) is 25.1. The second-order valence-electron chi connectivity index (χ2n) is 39.5. The molecule has 6 unspecified atom stereocenters. The number of hydrogen-bond donors (Lipinski definition) is 0. The number of benzene rings is 5. The first-order valence-corrected chi connectivity index (χ1v) is 43.9. The number of fused-ring (bicyclic) bond motifs is 8. The van der Waals surface area contributed by atoms with Crippen molar-refractivity contribution in [3.05, 3.63) is 185 Å². The summed E-state index contributed by atoms with van der Waals surface area (Å²) < 4.78 is 53.9. The van der Waals surface area contributed by atoms with E-state index < -0.39 is 25.1 Å². The van der Waals surface area contributed by atoms with Gasteiger partial charge >= 0.3 is 0 Å². The van der Waals surface area contributed by atoms with E-state index in [1.54, 1.807) is 25.0 Å². The van der Waals surface area contributed by atoms with Crippen LogP contribution in [0, 0.1) is 88.4 Å². The molecule has 5 aliphatic carbocycles. The van der Waals surface area contributed by atoms with Crippen molar-refractivity contribution in [2.45, 2.75) is 309 Å². The van der Waals surface area contributed by atoms with Crippen LogP contribution < -0.4 is 34.3 Å². The second-order valence-corrected chi connectivity index (χ2v) is 39.5. The van der Waals surface area contributed by atoms with Crippen LogP contribution >= 0.6 is 0 Å². The molecular formula is C102H133N13O2. The Bertz CT molecular complexity index is 5700. The molecule has 15 nitrogen and oxygen atoms in total. The minimum Gasteiger partial charge on any atom is -0.435 e. The molecule has 15 heteroatoms. The number of anilines is 9. The molecule has 0 N–H and O–H groups in total. The minimum absolute atomic E-state index is 0.146. The zero-order chi connectivity index (χ0) is 87.4. The van der Waals surface area contributed by atoms with E-state index in [1.807, 2.05) is 81.7 Å². The first-order chi connectivity index (χ1) is 57.4. The van der Waals surface area contributed by atoms with Gasteiger partial charge in [0.2, 0.25) is 11.4 Å². The van der Waals surface area contributed by atoms with Crippen LogP contribution in [-0.2, 0) is 0 Å². The molecule has 8 fully saturated rings. The Morgan fingerprint density at radius 1 is 0.410 bits per heavy atom. The van der Waals surface area contributed by atoms with Gasteiger partial charge in [-0.15, -0.1) is 0 Å². The minimum atomic E-state index is -2.56. The predicted octanol–water partition coefficient (Wildman–Crippen LogP) is 25.7. The maximum absolute atomic E-state index is 8.75. The Morgan fingerprint density at radius 3 is 1.21 bits per heavy atom. The topological polar surface area (TPSA) is 126 Å². The number of aryl methyl sites for hydroxylation is 7. The molecule has 11 heterocycles. The van der Waals surface area contributed by atoms with Crippen LogP contribution in [-0.4, -0.2) is 89.0 Å². The summed E-state index contributed by atoms with van der Waals surface area (Å²) in [6.07, 6.45) is 24.6. The van der Waals surface area contributed by atoms with Gasteiger partial charge in [0.25, 0.3) is 0 Å². The number of furan rings is 2. The van der Waals surface area contributed by atoms with E-state index in [4.69, 9.17) is 15.7 Å². The molecule has 5 aliphatic heterocycles. The smallest absolute Gasteiger partial charge is 0.227 e. The maximum Gasteiger partial charge on any atom is 0.227 e. The predicted molar refractivity (Wildman–Crippen MR) is 489 cm³/mol. The van der Waals surface area contributed by atoms with Gasteiger partial charge in [0, 0.05) is 126 Å². The highest BCUT2D eigenvalue weighted by Crippen LogP contribution is 2.70. The highest BCUT2D eigenvalue weighted by molar-refractivity contribution is 6.11. The zero-order valence-electron chi connectivity index (χ0n) is 79.4. The lowest BCUT2D eigenvalue weighted by Gasteiger charge is -2.62. The molecule has 10 aliphatic rings. The van der Waals surface area contributed by atoms with Gasteiger partial charge in [-0.25, -0.2) is 29.9 Å². The van der Waals surface area contributed by atoms with Gasteiger partial charge in [0.1, 0.15) is 12.3 Å². The van der Waals surface area contributed by atoms with E-state index in [0.717, 1.165) is 90.5 Å². The van der Waals surface area contributed by atoms with E-state index in [-0.39, 0.29) is 22.8 Å². The van der Waals surface area contributed by atoms with Gasteiger partial charge < -0.3 is 33.3 Å². The molecule has 618 valence electrons. The summed E-state index contributed by atoms with van der Waals surface area (Å²) in [6, 6.07) is 42.1. The number of para-hydroxylation sites is 3. The quantitative estimate of drug-likeness (QED) is 0.150. The van der Waals surface area contributed by atoms with Crippen molar-refractivity contribution < 1.29 is 15.7 Å². The molecule has 117 heavy (non-hydrogen) atoms. The van der Waals surface area contributed by atoms with E-state index >= 15 is 0 Å². The Hall–Kier alpha value is -9.24. The van der Waals surface area contributed by atoms with Crippen molar-refractivity contribution in [1.82, 2.24) is 29.9 Å². The molecule has 3 saturated heterocycles. The molecule has 11 aromatic rings. The van der Waals surface area contributed by atoms with Crippen molar-refractivity contribution in [2.24, 2.45) is 39.9 Å². The molecule has 5 aromatic carbocycles. The average molecular weight is 1580 g/mol. The third-order valence-corrected chi connectivity index (χ3v) is 29.7. The summed E-state index contributed by atoms with van der Waals surface area (Å²) in [4.78, 5) is 42.9. The lowest BCUT2D eigenvalue weighted by atomic mass is 9.43. The number of aromatic nitrogens is 6. The van der Waals surface area contributed by atoms with Crippen molar-refractivity contribution in [3.8, 4) is 0 Å². The molecule has 4 bridgehead atoms. The summed E-state index contributed by atoms with van der Waals surface area (Å²) >= 11 is 0. The Morgan fingerprint density at radius 2 is 0.795 bits per heavy atom. The molecule has 6 aromatic heterocycles.